The third-order valence-corrected chi connectivity index (χ3v) is 9.30. The van der Waals surface area contributed by atoms with E-state index in [1.54, 1.807) is 48.7 Å². The fourth-order valence-corrected chi connectivity index (χ4v) is 7.03. The van der Waals surface area contributed by atoms with Gasteiger partial charge in [0, 0.05) is 38.1 Å². The average Bonchev–Trinajstić information content (AvgIpc) is 3.32. The molecule has 1 N–H and O–H groups in total. The first-order valence-electron chi connectivity index (χ1n) is 12.3. The lowest BCUT2D eigenvalue weighted by Crippen LogP contribution is -2.66. The van der Waals surface area contributed by atoms with Crippen LogP contribution in [0, 0.1) is 6.92 Å². The molecule has 2 fully saturated rings. The molecule has 2 aliphatic heterocycles. The van der Waals surface area contributed by atoms with Crippen LogP contribution in [0.5, 0.6) is 5.75 Å². The number of hydrogen-bond donors (Lipinski definition) is 1. The first-order chi connectivity index (χ1) is 18.3. The number of pyridine rings is 1. The number of nitrogens with zero attached hydrogens (tertiary/aromatic N) is 4. The third kappa shape index (κ3) is 4.12. The minimum atomic E-state index is -4.44. The molecule has 11 heteroatoms. The number of para-hydroxylation sites is 1. The van der Waals surface area contributed by atoms with E-state index in [4.69, 9.17) is 4.74 Å². The zero-order valence-corrected chi connectivity index (χ0v) is 22.0. The van der Waals surface area contributed by atoms with Crippen LogP contribution in [0.3, 0.4) is 0 Å². The molecule has 0 radical (unpaired) electrons. The van der Waals surface area contributed by atoms with Crippen molar-refractivity contribution in [1.82, 2.24) is 15.2 Å². The summed E-state index contributed by atoms with van der Waals surface area (Å²) in [6, 6.07) is 17.6. The van der Waals surface area contributed by atoms with E-state index >= 15 is 0 Å². The molecule has 3 amide bonds. The highest BCUT2D eigenvalue weighted by Crippen LogP contribution is 2.39. The van der Waals surface area contributed by atoms with Gasteiger partial charge in [0.05, 0.1) is 18.6 Å². The number of anilines is 2. The van der Waals surface area contributed by atoms with Gasteiger partial charge in [0.2, 0.25) is 9.84 Å². The second kappa shape index (κ2) is 9.97. The van der Waals surface area contributed by atoms with Gasteiger partial charge in [0.1, 0.15) is 11.6 Å². The van der Waals surface area contributed by atoms with Gasteiger partial charge in [-0.15, -0.1) is 0 Å². The summed E-state index contributed by atoms with van der Waals surface area (Å²) in [6.07, 6.45) is 1.73. The SMILES string of the molecule is COc1cccc(S(=O)(=O)C2(C(=O)N3CCN(c4ncccc4C)CC3)CNC(=O)N2c2ccccc2)c1. The molecular formula is C27H29N5O5S. The fraction of sp³-hybridized carbons (Fsp3) is 0.296. The van der Waals surface area contributed by atoms with E-state index in [-0.39, 0.29) is 18.0 Å². The van der Waals surface area contributed by atoms with Crippen molar-refractivity contribution in [2.45, 2.75) is 16.7 Å². The maximum Gasteiger partial charge on any atom is 0.323 e. The van der Waals surface area contributed by atoms with E-state index in [9.17, 15) is 18.0 Å². The molecule has 2 saturated heterocycles. The monoisotopic (exact) mass is 535 g/mol. The van der Waals surface area contributed by atoms with Gasteiger partial charge in [0.25, 0.3) is 10.8 Å². The maximum absolute atomic E-state index is 14.4. The molecule has 38 heavy (non-hydrogen) atoms. The Balaban J connectivity index is 1.56. The molecular weight excluding hydrogens is 506 g/mol. The number of urea groups is 1. The Bertz CT molecular complexity index is 1460. The molecule has 1 unspecified atom stereocenters. The second-order valence-electron chi connectivity index (χ2n) is 9.22. The van der Waals surface area contributed by atoms with E-state index in [1.807, 2.05) is 19.1 Å². The van der Waals surface area contributed by atoms with E-state index in [0.717, 1.165) is 16.3 Å². The average molecular weight is 536 g/mol. The van der Waals surface area contributed by atoms with Gasteiger partial charge in [-0.05, 0) is 48.9 Å². The number of piperazine rings is 1. The van der Waals surface area contributed by atoms with Crippen LogP contribution < -0.4 is 19.9 Å². The van der Waals surface area contributed by atoms with E-state index in [0.29, 0.717) is 24.5 Å². The Morgan fingerprint density at radius 1 is 1.00 bits per heavy atom. The lowest BCUT2D eigenvalue weighted by atomic mass is 10.1. The highest BCUT2D eigenvalue weighted by Gasteiger charge is 2.63. The van der Waals surface area contributed by atoms with Crippen molar-refractivity contribution in [1.29, 1.82) is 0 Å². The summed E-state index contributed by atoms with van der Waals surface area (Å²) in [7, 11) is -3.00. The standard InChI is InChI=1S/C27H29N5O5S/c1-20-8-7-13-28-24(20)30-14-16-31(17-15-30)25(33)27(38(35,36)23-12-6-11-22(18-23)37-2)19-29-26(34)32(27)21-9-4-3-5-10-21/h3-13,18H,14-17,19H2,1-2H3,(H,29,34). The summed E-state index contributed by atoms with van der Waals surface area (Å²) in [6.45, 7) is 3.10. The summed E-state index contributed by atoms with van der Waals surface area (Å²) < 4.78 is 34.1. The van der Waals surface area contributed by atoms with Gasteiger partial charge < -0.3 is 19.9 Å². The molecule has 0 bridgehead atoms. The van der Waals surface area contributed by atoms with Crippen molar-refractivity contribution in [3.05, 3.63) is 78.5 Å². The number of aromatic nitrogens is 1. The first-order valence-corrected chi connectivity index (χ1v) is 13.8. The Hall–Kier alpha value is -4.12. The number of benzene rings is 2. The number of aryl methyl sites for hydroxylation is 1. The van der Waals surface area contributed by atoms with Crippen LogP contribution in [0.1, 0.15) is 5.56 Å². The normalized spacial score (nSPS) is 19.8. The predicted molar refractivity (Wildman–Crippen MR) is 143 cm³/mol. The minimum Gasteiger partial charge on any atom is -0.497 e. The predicted octanol–water partition coefficient (Wildman–Crippen LogP) is 2.45. The van der Waals surface area contributed by atoms with Crippen molar-refractivity contribution >= 4 is 33.3 Å². The fourth-order valence-electron chi connectivity index (χ4n) is 5.06. The van der Waals surface area contributed by atoms with Crippen LogP contribution in [0.4, 0.5) is 16.3 Å². The number of carbonyl (C=O) groups is 2. The lowest BCUT2D eigenvalue weighted by Gasteiger charge is -2.42. The summed E-state index contributed by atoms with van der Waals surface area (Å²) in [5, 5.41) is 2.63. The summed E-state index contributed by atoms with van der Waals surface area (Å²) >= 11 is 0. The van der Waals surface area contributed by atoms with Crippen LogP contribution >= 0.6 is 0 Å². The molecule has 198 valence electrons. The molecule has 10 nitrogen and oxygen atoms in total. The van der Waals surface area contributed by atoms with Crippen molar-refractivity contribution in [3.8, 4) is 5.75 Å². The molecule has 3 aromatic rings. The third-order valence-electron chi connectivity index (χ3n) is 7.04. The van der Waals surface area contributed by atoms with Crippen molar-refractivity contribution in [2.24, 2.45) is 0 Å². The Kier molecular flexibility index (Phi) is 6.70. The van der Waals surface area contributed by atoms with Gasteiger partial charge in [-0.1, -0.05) is 30.3 Å². The number of ether oxygens (including phenoxy) is 1. The smallest absolute Gasteiger partial charge is 0.323 e. The van der Waals surface area contributed by atoms with E-state index in [1.165, 1.54) is 24.1 Å². The number of carbonyl (C=O) groups excluding carboxylic acids is 2. The van der Waals surface area contributed by atoms with Gasteiger partial charge >= 0.3 is 6.03 Å². The van der Waals surface area contributed by atoms with Crippen LogP contribution in [0.15, 0.2) is 77.8 Å². The molecule has 0 aliphatic carbocycles. The van der Waals surface area contributed by atoms with Gasteiger partial charge in [-0.3, -0.25) is 9.69 Å². The molecule has 2 aromatic carbocycles. The largest absolute Gasteiger partial charge is 0.497 e. The molecule has 0 saturated carbocycles. The zero-order chi connectivity index (χ0) is 26.9. The van der Waals surface area contributed by atoms with Gasteiger partial charge in [0.15, 0.2) is 0 Å². The number of amides is 3. The second-order valence-corrected chi connectivity index (χ2v) is 11.4. The molecule has 3 heterocycles. The molecule has 2 aliphatic rings. The molecule has 1 aromatic heterocycles. The highest BCUT2D eigenvalue weighted by atomic mass is 32.2. The van der Waals surface area contributed by atoms with E-state index in [2.05, 4.69) is 15.2 Å². The first kappa shape index (κ1) is 25.5. The van der Waals surface area contributed by atoms with Crippen molar-refractivity contribution in [3.63, 3.8) is 0 Å². The Morgan fingerprint density at radius 3 is 2.42 bits per heavy atom. The summed E-state index contributed by atoms with van der Waals surface area (Å²) in [5.74, 6) is 0.512. The van der Waals surface area contributed by atoms with Gasteiger partial charge in [-0.2, -0.15) is 0 Å². The van der Waals surface area contributed by atoms with Crippen LogP contribution in [-0.2, 0) is 14.6 Å². The van der Waals surface area contributed by atoms with Gasteiger partial charge in [-0.25, -0.2) is 18.2 Å². The Morgan fingerprint density at radius 2 is 1.74 bits per heavy atom. The lowest BCUT2D eigenvalue weighted by molar-refractivity contribution is -0.133. The quantitative estimate of drug-likeness (QED) is 0.516. The summed E-state index contributed by atoms with van der Waals surface area (Å²) in [4.78, 5) is 34.4. The van der Waals surface area contributed by atoms with Crippen molar-refractivity contribution < 1.29 is 22.7 Å². The van der Waals surface area contributed by atoms with E-state index < -0.39 is 33.2 Å². The van der Waals surface area contributed by atoms with Crippen LogP contribution in [0.25, 0.3) is 0 Å². The zero-order valence-electron chi connectivity index (χ0n) is 21.2. The maximum atomic E-state index is 14.4. The van der Waals surface area contributed by atoms with Crippen LogP contribution in [0.2, 0.25) is 0 Å². The van der Waals surface area contributed by atoms with Crippen LogP contribution in [-0.4, -0.2) is 74.9 Å². The topological polar surface area (TPSA) is 112 Å². The summed E-state index contributed by atoms with van der Waals surface area (Å²) in [5.41, 5.74) is 1.33. The molecule has 0 spiro atoms. The van der Waals surface area contributed by atoms with Crippen molar-refractivity contribution in [2.75, 3.05) is 49.6 Å². The highest BCUT2D eigenvalue weighted by molar-refractivity contribution is 7.93. The number of nitrogens with one attached hydrogen (secondary N) is 1. The number of sulfone groups is 1. The molecule has 5 rings (SSSR count). The Labute approximate surface area is 221 Å². The number of rotatable bonds is 6. The molecule has 1 atom stereocenters. The minimum absolute atomic E-state index is 0.106. The number of methoxy groups -OCH3 is 1. The number of hydrogen-bond acceptors (Lipinski definition) is 7.